The summed E-state index contributed by atoms with van der Waals surface area (Å²) in [5, 5.41) is 6.31. The second kappa shape index (κ2) is 9.06. The highest BCUT2D eigenvalue weighted by atomic mass is 32.2. The maximum absolute atomic E-state index is 11.3. The molecule has 0 amide bonds. The molecule has 1 rings (SSSR count). The molecule has 0 saturated heterocycles. The van der Waals surface area contributed by atoms with Crippen molar-refractivity contribution in [1.82, 2.24) is 19.9 Å². The molecule has 0 fully saturated rings. The van der Waals surface area contributed by atoms with E-state index in [4.69, 9.17) is 0 Å². The Morgan fingerprint density at radius 2 is 2.18 bits per heavy atom. The summed E-state index contributed by atoms with van der Waals surface area (Å²) < 4.78 is 25.1. The van der Waals surface area contributed by atoms with Crippen LogP contribution in [0.5, 0.6) is 0 Å². The molecule has 0 aliphatic heterocycles. The van der Waals surface area contributed by atoms with Crippen molar-refractivity contribution in [2.75, 3.05) is 32.9 Å². The Morgan fingerprint density at radius 3 is 2.73 bits per heavy atom. The van der Waals surface area contributed by atoms with Gasteiger partial charge in [0.15, 0.2) is 5.96 Å². The van der Waals surface area contributed by atoms with Gasteiger partial charge in [0, 0.05) is 32.6 Å². The number of aliphatic imine (C=N–C) groups is 1. The predicted octanol–water partition coefficient (Wildman–Crippen LogP) is 0.788. The molecule has 0 spiro atoms. The molecule has 2 N–H and O–H groups in total. The molecule has 0 bridgehead atoms. The molecule has 7 nitrogen and oxygen atoms in total. The lowest BCUT2D eigenvalue weighted by atomic mass is 10.4. The zero-order chi connectivity index (χ0) is 16.6. The maximum Gasteiger partial charge on any atom is 0.211 e. The number of sulfonamides is 1. The fourth-order valence-corrected chi connectivity index (χ4v) is 3.07. The van der Waals surface area contributed by atoms with Gasteiger partial charge in [-0.3, -0.25) is 4.99 Å². The Balaban J connectivity index is 2.33. The van der Waals surface area contributed by atoms with Gasteiger partial charge in [-0.1, -0.05) is 0 Å². The molecule has 0 unspecified atom stereocenters. The fraction of sp³-hybridized carbons (Fsp3) is 0.692. The lowest BCUT2D eigenvalue weighted by Crippen LogP contribution is -2.39. The lowest BCUT2D eigenvalue weighted by molar-refractivity contribution is 0.469. The molecule has 22 heavy (non-hydrogen) atoms. The number of thiazole rings is 1. The van der Waals surface area contributed by atoms with Crippen LogP contribution < -0.4 is 10.0 Å². The van der Waals surface area contributed by atoms with Crippen molar-refractivity contribution in [3.63, 3.8) is 0 Å². The number of guanidine groups is 1. The van der Waals surface area contributed by atoms with Crippen LogP contribution in [0.25, 0.3) is 0 Å². The van der Waals surface area contributed by atoms with Crippen molar-refractivity contribution in [3.8, 4) is 0 Å². The Labute approximate surface area is 136 Å². The van der Waals surface area contributed by atoms with E-state index in [2.05, 4.69) is 20.0 Å². The second-order valence-electron chi connectivity index (χ2n) is 4.84. The normalized spacial score (nSPS) is 12.5. The van der Waals surface area contributed by atoms with Crippen LogP contribution in [0.1, 0.15) is 24.0 Å². The first-order chi connectivity index (χ1) is 10.4. The Hall–Kier alpha value is -1.19. The number of aromatic nitrogens is 1. The van der Waals surface area contributed by atoms with E-state index in [-0.39, 0.29) is 5.75 Å². The molecule has 0 saturated carbocycles. The van der Waals surface area contributed by atoms with Gasteiger partial charge in [0.2, 0.25) is 10.0 Å². The van der Waals surface area contributed by atoms with Gasteiger partial charge in [0.05, 0.1) is 23.0 Å². The number of rotatable bonds is 8. The summed E-state index contributed by atoms with van der Waals surface area (Å²) in [5.74, 6) is 0.877. The van der Waals surface area contributed by atoms with Gasteiger partial charge in [-0.05, 0) is 20.3 Å². The zero-order valence-electron chi connectivity index (χ0n) is 13.6. The highest BCUT2D eigenvalue weighted by Crippen LogP contribution is 2.09. The van der Waals surface area contributed by atoms with E-state index in [9.17, 15) is 8.42 Å². The Morgan fingerprint density at radius 1 is 1.45 bits per heavy atom. The molecule has 0 aromatic carbocycles. The SMILES string of the molecule is CCS(=O)(=O)NCCCNC(=NC)N(C)Cc1csc(C)n1. The van der Waals surface area contributed by atoms with Gasteiger partial charge < -0.3 is 10.2 Å². The molecule has 0 aliphatic carbocycles. The molecule has 1 aromatic rings. The summed E-state index contributed by atoms with van der Waals surface area (Å²) in [4.78, 5) is 10.6. The van der Waals surface area contributed by atoms with Crippen LogP contribution in [-0.4, -0.2) is 57.2 Å². The van der Waals surface area contributed by atoms with E-state index >= 15 is 0 Å². The minimum absolute atomic E-state index is 0.109. The van der Waals surface area contributed by atoms with Gasteiger partial charge in [-0.25, -0.2) is 18.1 Å². The number of nitrogens with one attached hydrogen (secondary N) is 2. The number of hydrogen-bond donors (Lipinski definition) is 2. The minimum Gasteiger partial charge on any atom is -0.356 e. The summed E-state index contributed by atoms with van der Waals surface area (Å²) in [6.07, 6.45) is 0.696. The van der Waals surface area contributed by atoms with Crippen molar-refractivity contribution in [2.45, 2.75) is 26.8 Å². The minimum atomic E-state index is -3.11. The lowest BCUT2D eigenvalue weighted by Gasteiger charge is -2.21. The Bertz CT molecular complexity index is 583. The fourth-order valence-electron chi connectivity index (χ4n) is 1.80. The smallest absolute Gasteiger partial charge is 0.211 e. The highest BCUT2D eigenvalue weighted by molar-refractivity contribution is 7.89. The monoisotopic (exact) mass is 347 g/mol. The summed E-state index contributed by atoms with van der Waals surface area (Å²) in [7, 11) is 0.569. The van der Waals surface area contributed by atoms with Crippen molar-refractivity contribution >= 4 is 27.3 Å². The van der Waals surface area contributed by atoms with Crippen molar-refractivity contribution in [2.24, 2.45) is 4.99 Å². The zero-order valence-corrected chi connectivity index (χ0v) is 15.2. The van der Waals surface area contributed by atoms with E-state index < -0.39 is 10.0 Å². The molecule has 1 heterocycles. The third-order valence-electron chi connectivity index (χ3n) is 2.98. The Kier molecular flexibility index (Phi) is 7.77. The standard InChI is InChI=1S/C13H25N5O2S2/c1-5-22(19,20)16-8-6-7-15-13(14-3)18(4)9-12-10-21-11(2)17-12/h10,16H,5-9H2,1-4H3,(H,14,15). The first-order valence-corrected chi connectivity index (χ1v) is 9.71. The van der Waals surface area contributed by atoms with Crippen LogP contribution in [0.4, 0.5) is 0 Å². The highest BCUT2D eigenvalue weighted by Gasteiger charge is 2.09. The molecule has 0 atom stereocenters. The van der Waals surface area contributed by atoms with Gasteiger partial charge in [0.25, 0.3) is 0 Å². The van der Waals surface area contributed by atoms with Crippen molar-refractivity contribution in [3.05, 3.63) is 16.1 Å². The predicted molar refractivity (Wildman–Crippen MR) is 91.8 cm³/mol. The molecule has 0 aliphatic rings. The molecule has 1 aromatic heterocycles. The van der Waals surface area contributed by atoms with E-state index in [1.165, 1.54) is 0 Å². The van der Waals surface area contributed by atoms with Crippen LogP contribution in [0.3, 0.4) is 0 Å². The number of aryl methyl sites for hydroxylation is 1. The summed E-state index contributed by atoms with van der Waals surface area (Å²) in [6.45, 7) is 5.37. The maximum atomic E-state index is 11.3. The van der Waals surface area contributed by atoms with Gasteiger partial charge in [-0.15, -0.1) is 11.3 Å². The average Bonchev–Trinajstić information content (AvgIpc) is 2.87. The summed E-state index contributed by atoms with van der Waals surface area (Å²) in [5.41, 5.74) is 1.02. The van der Waals surface area contributed by atoms with Crippen LogP contribution >= 0.6 is 11.3 Å². The number of hydrogen-bond acceptors (Lipinski definition) is 5. The topological polar surface area (TPSA) is 86.7 Å². The van der Waals surface area contributed by atoms with Crippen molar-refractivity contribution < 1.29 is 8.42 Å². The van der Waals surface area contributed by atoms with Crippen LogP contribution in [0.15, 0.2) is 10.4 Å². The molecule has 126 valence electrons. The average molecular weight is 348 g/mol. The van der Waals surface area contributed by atoms with E-state index in [0.717, 1.165) is 16.7 Å². The third kappa shape index (κ3) is 6.71. The van der Waals surface area contributed by atoms with Crippen LogP contribution in [0.2, 0.25) is 0 Å². The summed E-state index contributed by atoms with van der Waals surface area (Å²) >= 11 is 1.63. The first kappa shape index (κ1) is 18.9. The van der Waals surface area contributed by atoms with Crippen LogP contribution in [-0.2, 0) is 16.6 Å². The second-order valence-corrected chi connectivity index (χ2v) is 8.00. The molecular formula is C13H25N5O2S2. The van der Waals surface area contributed by atoms with E-state index in [1.807, 2.05) is 24.3 Å². The van der Waals surface area contributed by atoms with E-state index in [0.29, 0.717) is 26.1 Å². The largest absolute Gasteiger partial charge is 0.356 e. The molecule has 9 heteroatoms. The summed E-state index contributed by atoms with van der Waals surface area (Å²) in [6, 6.07) is 0. The van der Waals surface area contributed by atoms with Gasteiger partial charge in [-0.2, -0.15) is 0 Å². The van der Waals surface area contributed by atoms with Gasteiger partial charge >= 0.3 is 0 Å². The first-order valence-electron chi connectivity index (χ1n) is 7.18. The van der Waals surface area contributed by atoms with Gasteiger partial charge in [0.1, 0.15) is 0 Å². The van der Waals surface area contributed by atoms with E-state index in [1.54, 1.807) is 25.3 Å². The molecular weight excluding hydrogens is 322 g/mol. The molecule has 0 radical (unpaired) electrons. The number of nitrogens with zero attached hydrogens (tertiary/aromatic N) is 3. The quantitative estimate of drug-likeness (QED) is 0.412. The van der Waals surface area contributed by atoms with Crippen molar-refractivity contribution in [1.29, 1.82) is 0 Å². The van der Waals surface area contributed by atoms with Crippen LogP contribution in [0, 0.1) is 6.92 Å². The third-order valence-corrected chi connectivity index (χ3v) is 5.20.